The van der Waals surface area contributed by atoms with Gasteiger partial charge in [0.15, 0.2) is 17.0 Å². The quantitative estimate of drug-likeness (QED) is 0.564. The van der Waals surface area contributed by atoms with Crippen molar-refractivity contribution in [3.05, 3.63) is 30.7 Å². The van der Waals surface area contributed by atoms with Gasteiger partial charge in [-0.05, 0) is 53.7 Å². The summed E-state index contributed by atoms with van der Waals surface area (Å²) in [5.41, 5.74) is 1.57. The number of pyridine rings is 1. The predicted molar refractivity (Wildman–Crippen MR) is 119 cm³/mol. The average Bonchev–Trinajstić information content (AvgIpc) is 3.04. The Morgan fingerprint density at radius 2 is 1.76 bits per heavy atom. The molecule has 0 aliphatic heterocycles. The number of aromatic nitrogens is 5. The number of hydrogen-bond donors (Lipinski definition) is 2. The van der Waals surface area contributed by atoms with E-state index in [9.17, 15) is 0 Å². The lowest BCUT2D eigenvalue weighted by Crippen LogP contribution is -2.40. The molecule has 0 spiro atoms. The van der Waals surface area contributed by atoms with Gasteiger partial charge >= 0.3 is 0 Å². The smallest absolute Gasteiger partial charge is 0.211 e. The predicted octanol–water partition coefficient (Wildman–Crippen LogP) is 4.08. The van der Waals surface area contributed by atoms with E-state index in [2.05, 4.69) is 76.6 Å². The van der Waals surface area contributed by atoms with Crippen LogP contribution in [0.1, 0.15) is 47.6 Å². The van der Waals surface area contributed by atoms with Crippen LogP contribution in [0.4, 0.5) is 17.6 Å². The molecule has 0 amide bonds. The number of rotatable bonds is 9. The van der Waals surface area contributed by atoms with Crippen molar-refractivity contribution in [1.29, 1.82) is 0 Å². The summed E-state index contributed by atoms with van der Waals surface area (Å²) in [5, 5.41) is 6.77. The summed E-state index contributed by atoms with van der Waals surface area (Å²) >= 11 is 0. The minimum Gasteiger partial charge on any atom is -0.367 e. The van der Waals surface area contributed by atoms with E-state index in [0.717, 1.165) is 35.9 Å². The number of nitrogens with one attached hydrogen (secondary N) is 2. The lowest BCUT2D eigenvalue weighted by atomic mass is 10.2. The minimum atomic E-state index is 0.186. The number of hydrogen-bond acceptors (Lipinski definition) is 7. The molecule has 0 atom stereocenters. The molecule has 3 rings (SSSR count). The molecule has 2 N–H and O–H groups in total. The first-order chi connectivity index (χ1) is 13.9. The van der Waals surface area contributed by atoms with Crippen LogP contribution in [0, 0.1) is 0 Å². The molecule has 0 radical (unpaired) electrons. The van der Waals surface area contributed by atoms with Crippen LogP contribution in [0.25, 0.3) is 11.2 Å². The molecule has 3 aromatic heterocycles. The van der Waals surface area contributed by atoms with Crippen molar-refractivity contribution in [2.24, 2.45) is 0 Å². The molecule has 0 aromatic carbocycles. The van der Waals surface area contributed by atoms with Crippen LogP contribution in [0.15, 0.2) is 30.7 Å². The molecule has 0 fully saturated rings. The van der Waals surface area contributed by atoms with Gasteiger partial charge in [0, 0.05) is 37.4 Å². The Morgan fingerprint density at radius 3 is 2.38 bits per heavy atom. The molecule has 0 saturated heterocycles. The SMILES string of the molecule is CC(C)N(CCNc1ncnc2c1nc(Nc1ccccn1)n2C(C)C)C(C)C. The molecule has 8 heteroatoms. The highest BCUT2D eigenvalue weighted by atomic mass is 15.3. The maximum Gasteiger partial charge on any atom is 0.211 e. The van der Waals surface area contributed by atoms with Crippen LogP contribution in [-0.2, 0) is 0 Å². The van der Waals surface area contributed by atoms with Gasteiger partial charge in [0.25, 0.3) is 0 Å². The number of nitrogens with zero attached hydrogens (tertiary/aromatic N) is 6. The second-order valence-corrected chi connectivity index (χ2v) is 7.99. The van der Waals surface area contributed by atoms with E-state index in [4.69, 9.17) is 4.98 Å². The zero-order valence-corrected chi connectivity index (χ0v) is 18.2. The van der Waals surface area contributed by atoms with E-state index < -0.39 is 0 Å². The highest BCUT2D eigenvalue weighted by Crippen LogP contribution is 2.27. The van der Waals surface area contributed by atoms with Crippen LogP contribution in [0.3, 0.4) is 0 Å². The van der Waals surface area contributed by atoms with E-state index in [0.29, 0.717) is 18.0 Å². The molecule has 3 aromatic rings. The summed E-state index contributed by atoms with van der Waals surface area (Å²) in [6.45, 7) is 14.9. The van der Waals surface area contributed by atoms with Gasteiger partial charge in [0.2, 0.25) is 5.95 Å². The maximum atomic E-state index is 4.81. The molecule has 29 heavy (non-hydrogen) atoms. The number of anilines is 3. The molecule has 0 saturated carbocycles. The molecule has 8 nitrogen and oxygen atoms in total. The molecule has 0 unspecified atom stereocenters. The fraction of sp³-hybridized carbons (Fsp3) is 0.524. The first kappa shape index (κ1) is 21.0. The Hall–Kier alpha value is -2.74. The summed E-state index contributed by atoms with van der Waals surface area (Å²) in [6, 6.07) is 6.93. The van der Waals surface area contributed by atoms with Gasteiger partial charge in [-0.25, -0.2) is 19.9 Å². The second-order valence-electron chi connectivity index (χ2n) is 7.99. The Morgan fingerprint density at radius 1 is 1.00 bits per heavy atom. The molecule has 0 bridgehead atoms. The minimum absolute atomic E-state index is 0.186. The summed E-state index contributed by atoms with van der Waals surface area (Å²) in [7, 11) is 0. The fourth-order valence-corrected chi connectivity index (χ4v) is 3.58. The van der Waals surface area contributed by atoms with E-state index in [1.54, 1.807) is 12.5 Å². The largest absolute Gasteiger partial charge is 0.367 e. The van der Waals surface area contributed by atoms with E-state index in [-0.39, 0.29) is 6.04 Å². The molecule has 156 valence electrons. The van der Waals surface area contributed by atoms with Gasteiger partial charge in [0.05, 0.1) is 0 Å². The molecule has 0 aliphatic carbocycles. The topological polar surface area (TPSA) is 83.8 Å². The van der Waals surface area contributed by atoms with Crippen molar-refractivity contribution in [1.82, 2.24) is 29.4 Å². The van der Waals surface area contributed by atoms with Crippen molar-refractivity contribution in [2.45, 2.75) is 59.7 Å². The Balaban J connectivity index is 1.87. The normalized spacial score (nSPS) is 11.9. The molecule has 3 heterocycles. The lowest BCUT2D eigenvalue weighted by Gasteiger charge is -2.30. The van der Waals surface area contributed by atoms with Crippen molar-refractivity contribution in [3.63, 3.8) is 0 Å². The Labute approximate surface area is 172 Å². The first-order valence-corrected chi connectivity index (χ1v) is 10.3. The van der Waals surface area contributed by atoms with Crippen molar-refractivity contribution in [3.8, 4) is 0 Å². The average molecular weight is 397 g/mol. The van der Waals surface area contributed by atoms with Gasteiger partial charge in [0.1, 0.15) is 12.1 Å². The Bertz CT molecular complexity index is 909. The summed E-state index contributed by atoms with van der Waals surface area (Å²) in [6.07, 6.45) is 3.35. The third-order valence-electron chi connectivity index (χ3n) is 4.89. The highest BCUT2D eigenvalue weighted by Gasteiger charge is 2.19. The molecular weight excluding hydrogens is 364 g/mol. The molecule has 0 aliphatic rings. The fourth-order valence-electron chi connectivity index (χ4n) is 3.58. The van der Waals surface area contributed by atoms with Crippen LogP contribution < -0.4 is 10.6 Å². The summed E-state index contributed by atoms with van der Waals surface area (Å²) in [5.74, 6) is 2.21. The van der Waals surface area contributed by atoms with Crippen LogP contribution in [0.5, 0.6) is 0 Å². The first-order valence-electron chi connectivity index (χ1n) is 10.3. The van der Waals surface area contributed by atoms with Crippen molar-refractivity contribution in [2.75, 3.05) is 23.7 Å². The van der Waals surface area contributed by atoms with E-state index in [1.807, 2.05) is 18.2 Å². The zero-order valence-electron chi connectivity index (χ0n) is 18.2. The third-order valence-corrected chi connectivity index (χ3v) is 4.89. The van der Waals surface area contributed by atoms with Crippen molar-refractivity contribution < 1.29 is 0 Å². The van der Waals surface area contributed by atoms with Crippen LogP contribution in [-0.4, -0.2) is 54.6 Å². The van der Waals surface area contributed by atoms with E-state index in [1.165, 1.54) is 0 Å². The Kier molecular flexibility index (Phi) is 6.64. The van der Waals surface area contributed by atoms with E-state index >= 15 is 0 Å². The van der Waals surface area contributed by atoms with Gasteiger partial charge in [-0.15, -0.1) is 0 Å². The molecular formula is C21H32N8. The van der Waals surface area contributed by atoms with Gasteiger partial charge in [-0.2, -0.15) is 0 Å². The monoisotopic (exact) mass is 396 g/mol. The number of imidazole rings is 1. The lowest BCUT2D eigenvalue weighted by molar-refractivity contribution is 0.182. The van der Waals surface area contributed by atoms with Crippen LogP contribution >= 0.6 is 0 Å². The number of fused-ring (bicyclic) bond motifs is 1. The van der Waals surface area contributed by atoms with Crippen molar-refractivity contribution >= 4 is 28.7 Å². The van der Waals surface area contributed by atoms with Crippen LogP contribution in [0.2, 0.25) is 0 Å². The third kappa shape index (κ3) is 4.82. The zero-order chi connectivity index (χ0) is 21.0. The van der Waals surface area contributed by atoms with Gasteiger partial charge < -0.3 is 10.6 Å². The summed E-state index contributed by atoms with van der Waals surface area (Å²) < 4.78 is 2.07. The van der Waals surface area contributed by atoms with Gasteiger partial charge in [-0.1, -0.05) is 6.07 Å². The van der Waals surface area contributed by atoms with Gasteiger partial charge in [-0.3, -0.25) is 9.47 Å². The standard InChI is InChI=1S/C21H32N8/c1-14(2)28(15(3)4)12-11-23-19-18-20(25-13-24-19)29(16(5)6)21(27-18)26-17-9-7-8-10-22-17/h7-10,13-16H,11-12H2,1-6H3,(H,22,26,27)(H,23,24,25). The second kappa shape index (κ2) is 9.17. The summed E-state index contributed by atoms with van der Waals surface area (Å²) in [4.78, 5) is 20.6. The highest BCUT2D eigenvalue weighted by molar-refractivity contribution is 5.85. The maximum absolute atomic E-state index is 4.81.